The van der Waals surface area contributed by atoms with E-state index in [-0.39, 0.29) is 5.04 Å². The van der Waals surface area contributed by atoms with E-state index in [1.807, 2.05) is 0 Å². The van der Waals surface area contributed by atoms with Crippen molar-refractivity contribution in [3.05, 3.63) is 50.9 Å². The molecule has 0 saturated carbocycles. The van der Waals surface area contributed by atoms with Gasteiger partial charge in [0.15, 0.2) is 0 Å². The molecular formula is C19H24Br2OSi. The first kappa shape index (κ1) is 18.8. The molecule has 0 aromatic heterocycles. The summed E-state index contributed by atoms with van der Waals surface area (Å²) in [4.78, 5) is 0. The summed E-state index contributed by atoms with van der Waals surface area (Å²) in [5.41, 5.74) is 3.59. The van der Waals surface area contributed by atoms with Crippen LogP contribution < -0.4 is 4.43 Å². The quantitative estimate of drug-likeness (QED) is 0.433. The Kier molecular flexibility index (Phi) is 5.49. The summed E-state index contributed by atoms with van der Waals surface area (Å²) in [7, 11) is -1.81. The molecule has 1 nitrogen and oxygen atoms in total. The number of rotatable bonds is 3. The molecule has 124 valence electrons. The van der Waals surface area contributed by atoms with E-state index in [1.54, 1.807) is 0 Å². The van der Waals surface area contributed by atoms with Gasteiger partial charge >= 0.3 is 0 Å². The van der Waals surface area contributed by atoms with Crippen LogP contribution in [0, 0.1) is 6.92 Å². The highest BCUT2D eigenvalue weighted by molar-refractivity contribution is 9.11. The number of benzene rings is 2. The van der Waals surface area contributed by atoms with Gasteiger partial charge in [-0.3, -0.25) is 0 Å². The predicted molar refractivity (Wildman–Crippen MR) is 110 cm³/mol. The number of halogens is 2. The maximum absolute atomic E-state index is 6.38. The molecule has 0 unspecified atom stereocenters. The standard InChI is InChI=1S/C19H24Br2OSi/c1-13-7-9-15(17(20)11-13)16-10-8-14(12-18(16)21)22-23(5,6)19(2,3)4/h7-12H,1-6H3. The zero-order valence-electron chi connectivity index (χ0n) is 14.6. The summed E-state index contributed by atoms with van der Waals surface area (Å²) in [5.74, 6) is 0.940. The Morgan fingerprint density at radius 1 is 0.870 bits per heavy atom. The molecule has 0 heterocycles. The van der Waals surface area contributed by atoms with Crippen molar-refractivity contribution in [1.82, 2.24) is 0 Å². The fraction of sp³-hybridized carbons (Fsp3) is 0.368. The Bertz CT molecular complexity index is 718. The topological polar surface area (TPSA) is 9.23 Å². The molecule has 0 aliphatic heterocycles. The van der Waals surface area contributed by atoms with Crippen LogP contribution in [-0.4, -0.2) is 8.32 Å². The monoisotopic (exact) mass is 454 g/mol. The number of hydrogen-bond donors (Lipinski definition) is 0. The summed E-state index contributed by atoms with van der Waals surface area (Å²) in [6.07, 6.45) is 0. The van der Waals surface area contributed by atoms with Crippen LogP contribution in [0.1, 0.15) is 26.3 Å². The van der Waals surface area contributed by atoms with Gasteiger partial charge in [0.25, 0.3) is 0 Å². The first-order chi connectivity index (χ1) is 10.5. The van der Waals surface area contributed by atoms with Gasteiger partial charge < -0.3 is 4.43 Å². The Morgan fingerprint density at radius 2 is 1.39 bits per heavy atom. The highest BCUT2D eigenvalue weighted by Crippen LogP contribution is 2.40. The molecule has 0 fully saturated rings. The van der Waals surface area contributed by atoms with Crippen LogP contribution in [0.25, 0.3) is 11.1 Å². The largest absolute Gasteiger partial charge is 0.543 e. The molecule has 4 heteroatoms. The summed E-state index contributed by atoms with van der Waals surface area (Å²) in [6.45, 7) is 13.4. The van der Waals surface area contributed by atoms with Crippen molar-refractivity contribution < 1.29 is 4.43 Å². The molecule has 2 rings (SSSR count). The average molecular weight is 456 g/mol. The predicted octanol–water partition coefficient (Wildman–Crippen LogP) is 7.57. The summed E-state index contributed by atoms with van der Waals surface area (Å²) < 4.78 is 8.55. The van der Waals surface area contributed by atoms with E-state index in [2.05, 4.69) is 109 Å². The Balaban J connectivity index is 2.35. The second kappa shape index (κ2) is 6.73. The fourth-order valence-corrected chi connectivity index (χ4v) is 4.36. The third-order valence-electron chi connectivity index (χ3n) is 4.53. The van der Waals surface area contributed by atoms with Gasteiger partial charge in [-0.15, -0.1) is 0 Å². The zero-order valence-corrected chi connectivity index (χ0v) is 18.8. The van der Waals surface area contributed by atoms with Gasteiger partial charge in [-0.25, -0.2) is 0 Å². The number of hydrogen-bond acceptors (Lipinski definition) is 1. The molecule has 0 aliphatic rings. The Morgan fingerprint density at radius 3 is 1.87 bits per heavy atom. The van der Waals surface area contributed by atoms with Crippen molar-refractivity contribution in [2.45, 2.75) is 45.8 Å². The van der Waals surface area contributed by atoms with E-state index in [9.17, 15) is 0 Å². The van der Waals surface area contributed by atoms with E-state index < -0.39 is 8.32 Å². The number of aryl methyl sites for hydroxylation is 1. The lowest BCUT2D eigenvalue weighted by Crippen LogP contribution is -2.43. The van der Waals surface area contributed by atoms with Crippen LogP contribution in [0.2, 0.25) is 18.1 Å². The lowest BCUT2D eigenvalue weighted by molar-refractivity contribution is 0.492. The lowest BCUT2D eigenvalue weighted by Gasteiger charge is -2.36. The van der Waals surface area contributed by atoms with Crippen LogP contribution in [0.3, 0.4) is 0 Å². The van der Waals surface area contributed by atoms with Crippen molar-refractivity contribution in [2.24, 2.45) is 0 Å². The van der Waals surface area contributed by atoms with Crippen molar-refractivity contribution in [1.29, 1.82) is 0 Å². The molecule has 2 aromatic rings. The van der Waals surface area contributed by atoms with Crippen LogP contribution >= 0.6 is 31.9 Å². The molecule has 0 spiro atoms. The van der Waals surface area contributed by atoms with Gasteiger partial charge in [-0.2, -0.15) is 0 Å². The molecule has 0 bridgehead atoms. The van der Waals surface area contributed by atoms with Crippen LogP contribution in [0.5, 0.6) is 5.75 Å². The average Bonchev–Trinajstić information content (AvgIpc) is 2.38. The summed E-state index contributed by atoms with van der Waals surface area (Å²) in [5, 5.41) is 0.193. The van der Waals surface area contributed by atoms with E-state index in [0.717, 1.165) is 14.7 Å². The third kappa shape index (κ3) is 4.28. The van der Waals surface area contributed by atoms with Crippen LogP contribution in [0.4, 0.5) is 0 Å². The molecule has 0 saturated heterocycles. The van der Waals surface area contributed by atoms with E-state index in [0.29, 0.717) is 0 Å². The van der Waals surface area contributed by atoms with Crippen molar-refractivity contribution in [3.8, 4) is 16.9 Å². The van der Waals surface area contributed by atoms with Gasteiger partial charge in [-0.05, 0) is 66.0 Å². The third-order valence-corrected chi connectivity index (χ3v) is 10.2. The minimum Gasteiger partial charge on any atom is -0.543 e. The minimum atomic E-state index is -1.81. The SMILES string of the molecule is Cc1ccc(-c2ccc(O[Si](C)(C)C(C)(C)C)cc2Br)c(Br)c1. The van der Waals surface area contributed by atoms with Gasteiger partial charge in [0.1, 0.15) is 5.75 Å². The van der Waals surface area contributed by atoms with Gasteiger partial charge in [0.05, 0.1) is 0 Å². The molecule has 0 N–H and O–H groups in total. The zero-order chi connectivity index (χ0) is 17.4. The minimum absolute atomic E-state index is 0.193. The second-order valence-corrected chi connectivity index (χ2v) is 13.9. The summed E-state index contributed by atoms with van der Waals surface area (Å²) in [6, 6.07) is 12.7. The molecule has 0 radical (unpaired) electrons. The van der Waals surface area contributed by atoms with Crippen molar-refractivity contribution in [2.75, 3.05) is 0 Å². The van der Waals surface area contributed by atoms with Crippen molar-refractivity contribution in [3.63, 3.8) is 0 Å². The molecule has 0 amide bonds. The van der Waals surface area contributed by atoms with Gasteiger partial charge in [-0.1, -0.05) is 64.8 Å². The fourth-order valence-electron chi connectivity index (χ4n) is 2.06. The van der Waals surface area contributed by atoms with E-state index >= 15 is 0 Å². The lowest BCUT2D eigenvalue weighted by atomic mass is 10.0. The smallest absolute Gasteiger partial charge is 0.250 e. The van der Waals surface area contributed by atoms with Gasteiger partial charge in [0, 0.05) is 8.95 Å². The summed E-state index contributed by atoms with van der Waals surface area (Å²) >= 11 is 7.38. The van der Waals surface area contributed by atoms with Crippen LogP contribution in [-0.2, 0) is 0 Å². The Hall–Kier alpha value is -0.583. The first-order valence-electron chi connectivity index (χ1n) is 7.76. The maximum Gasteiger partial charge on any atom is 0.250 e. The molecule has 0 aliphatic carbocycles. The normalized spacial score (nSPS) is 12.3. The highest BCUT2D eigenvalue weighted by atomic mass is 79.9. The first-order valence-corrected chi connectivity index (χ1v) is 12.3. The molecule has 2 aromatic carbocycles. The molecule has 23 heavy (non-hydrogen) atoms. The van der Waals surface area contributed by atoms with E-state index in [4.69, 9.17) is 4.43 Å². The second-order valence-electron chi connectivity index (χ2n) is 7.49. The molecule has 0 atom stereocenters. The van der Waals surface area contributed by atoms with Crippen molar-refractivity contribution >= 4 is 40.2 Å². The Labute approximate surface area is 157 Å². The molecular weight excluding hydrogens is 432 g/mol. The highest BCUT2D eigenvalue weighted by Gasteiger charge is 2.39. The van der Waals surface area contributed by atoms with E-state index in [1.165, 1.54) is 16.7 Å². The maximum atomic E-state index is 6.38. The van der Waals surface area contributed by atoms with Crippen LogP contribution in [0.15, 0.2) is 45.3 Å². The van der Waals surface area contributed by atoms with Gasteiger partial charge in [0.2, 0.25) is 8.32 Å².